The maximum Gasteiger partial charge on any atom is 0.160 e. The lowest BCUT2D eigenvalue weighted by Crippen LogP contribution is -2.28. The molecule has 68 heavy (non-hydrogen) atoms. The fourth-order valence-electron chi connectivity index (χ4n) is 11.5. The summed E-state index contributed by atoms with van der Waals surface area (Å²) in [5.41, 5.74) is 17.6. The molecule has 2 aromatic heterocycles. The van der Waals surface area contributed by atoms with Crippen LogP contribution in [0.25, 0.3) is 82.5 Å². The van der Waals surface area contributed by atoms with Crippen LogP contribution in [-0.4, -0.2) is 4.57 Å². The Balaban J connectivity index is 0.968. The van der Waals surface area contributed by atoms with E-state index in [4.69, 9.17) is 4.42 Å². The van der Waals surface area contributed by atoms with Gasteiger partial charge in [-0.25, -0.2) is 0 Å². The van der Waals surface area contributed by atoms with Crippen LogP contribution in [-0.2, 0) is 5.41 Å². The Labute approximate surface area is 394 Å². The molecule has 0 amide bonds. The van der Waals surface area contributed by atoms with Crippen molar-refractivity contribution < 1.29 is 4.42 Å². The van der Waals surface area contributed by atoms with Crippen LogP contribution in [0.3, 0.4) is 0 Å². The van der Waals surface area contributed by atoms with E-state index in [1.807, 2.05) is 0 Å². The van der Waals surface area contributed by atoms with Gasteiger partial charge in [0, 0.05) is 38.6 Å². The Bertz CT molecular complexity index is 3980. The largest absolute Gasteiger partial charge is 0.454 e. The molecule has 0 radical (unpaired) electrons. The normalized spacial score (nSPS) is 12.8. The van der Waals surface area contributed by atoms with Gasteiger partial charge < -0.3 is 13.9 Å². The minimum Gasteiger partial charge on any atom is -0.454 e. The summed E-state index contributed by atoms with van der Waals surface area (Å²) in [6.45, 7) is 0. The van der Waals surface area contributed by atoms with E-state index in [1.54, 1.807) is 0 Å². The van der Waals surface area contributed by atoms with E-state index in [9.17, 15) is 0 Å². The fourth-order valence-corrected chi connectivity index (χ4v) is 11.5. The van der Waals surface area contributed by atoms with Gasteiger partial charge in [-0.3, -0.25) is 0 Å². The van der Waals surface area contributed by atoms with Gasteiger partial charge in [-0.05, 0) is 116 Å². The summed E-state index contributed by atoms with van der Waals surface area (Å²) in [5.74, 6) is 0. The van der Waals surface area contributed by atoms with E-state index in [1.165, 1.54) is 60.6 Å². The zero-order valence-electron chi connectivity index (χ0n) is 37.1. The van der Waals surface area contributed by atoms with Crippen molar-refractivity contribution >= 4 is 71.6 Å². The Morgan fingerprint density at radius 3 is 1.60 bits per heavy atom. The van der Waals surface area contributed by atoms with E-state index in [0.717, 1.165) is 61.2 Å². The molecule has 0 aliphatic heterocycles. The molecule has 3 nitrogen and oxygen atoms in total. The zero-order chi connectivity index (χ0) is 44.8. The van der Waals surface area contributed by atoms with Crippen LogP contribution in [0.15, 0.2) is 259 Å². The molecule has 0 N–H and O–H groups in total. The van der Waals surface area contributed by atoms with Crippen LogP contribution >= 0.6 is 0 Å². The van der Waals surface area contributed by atoms with Crippen molar-refractivity contribution in [1.82, 2.24) is 4.57 Å². The van der Waals surface area contributed by atoms with E-state index in [0.29, 0.717) is 0 Å². The third-order valence-corrected chi connectivity index (χ3v) is 14.5. The third-order valence-electron chi connectivity index (χ3n) is 14.5. The molecule has 3 heteroatoms. The first kappa shape index (κ1) is 38.4. The van der Waals surface area contributed by atoms with Crippen molar-refractivity contribution in [2.45, 2.75) is 5.41 Å². The Kier molecular flexibility index (Phi) is 8.50. The van der Waals surface area contributed by atoms with Crippen LogP contribution in [0.2, 0.25) is 0 Å². The first-order valence-electron chi connectivity index (χ1n) is 23.4. The van der Waals surface area contributed by atoms with Crippen molar-refractivity contribution in [3.05, 3.63) is 277 Å². The number of hydrogen-bond acceptors (Lipinski definition) is 2. The summed E-state index contributed by atoms with van der Waals surface area (Å²) in [5, 5.41) is 7.08. The SMILES string of the molecule is c1ccc(C2(c3ccccc3)c3ccccc3-c3ccc(N(c4ccc(-c5ccc(-n6c7ccccc7c7ccccc76)cc5)cc4)c4cc5ccccc5c5c4oc4ccccc45)cc32)cc1. The van der Waals surface area contributed by atoms with Gasteiger partial charge in [0.2, 0.25) is 0 Å². The summed E-state index contributed by atoms with van der Waals surface area (Å²) in [6, 6.07) is 93.0. The second-order valence-electron chi connectivity index (χ2n) is 18.0. The van der Waals surface area contributed by atoms with Crippen molar-refractivity contribution in [3.63, 3.8) is 0 Å². The smallest absolute Gasteiger partial charge is 0.160 e. The number of benzene rings is 11. The molecule has 1 aliphatic rings. The molecular formula is C65H42N2O. The maximum absolute atomic E-state index is 6.98. The number of rotatable bonds is 7. The lowest BCUT2D eigenvalue weighted by Gasteiger charge is -2.35. The number of nitrogens with zero attached hydrogens (tertiary/aromatic N) is 2. The van der Waals surface area contributed by atoms with E-state index < -0.39 is 5.41 Å². The fraction of sp³-hybridized carbons (Fsp3) is 0.0154. The van der Waals surface area contributed by atoms with Gasteiger partial charge in [0.25, 0.3) is 0 Å². The molecule has 0 saturated heterocycles. The molecule has 13 aromatic rings. The van der Waals surface area contributed by atoms with Gasteiger partial charge >= 0.3 is 0 Å². The Hall–Kier alpha value is -8.92. The first-order valence-corrected chi connectivity index (χ1v) is 23.4. The average Bonchev–Trinajstić information content (AvgIpc) is 4.07. The zero-order valence-corrected chi connectivity index (χ0v) is 37.1. The van der Waals surface area contributed by atoms with Gasteiger partial charge in [0.1, 0.15) is 5.58 Å². The molecule has 0 saturated carbocycles. The predicted octanol–water partition coefficient (Wildman–Crippen LogP) is 17.3. The molecular weight excluding hydrogens is 825 g/mol. The molecule has 318 valence electrons. The lowest BCUT2D eigenvalue weighted by molar-refractivity contribution is 0.669. The predicted molar refractivity (Wildman–Crippen MR) is 283 cm³/mol. The highest BCUT2D eigenvalue weighted by Crippen LogP contribution is 2.57. The second-order valence-corrected chi connectivity index (χ2v) is 18.0. The van der Waals surface area contributed by atoms with Gasteiger partial charge in [-0.1, -0.05) is 194 Å². The molecule has 11 aromatic carbocycles. The van der Waals surface area contributed by atoms with Crippen LogP contribution < -0.4 is 4.90 Å². The number of para-hydroxylation sites is 3. The molecule has 0 atom stereocenters. The van der Waals surface area contributed by atoms with Gasteiger partial charge in [0.15, 0.2) is 5.58 Å². The molecule has 0 spiro atoms. The van der Waals surface area contributed by atoms with Crippen LogP contribution in [0.1, 0.15) is 22.3 Å². The van der Waals surface area contributed by atoms with Crippen molar-refractivity contribution in [3.8, 4) is 27.9 Å². The van der Waals surface area contributed by atoms with E-state index >= 15 is 0 Å². The molecule has 0 unspecified atom stereocenters. The topological polar surface area (TPSA) is 21.3 Å². The maximum atomic E-state index is 6.98. The Morgan fingerprint density at radius 1 is 0.382 bits per heavy atom. The number of anilines is 3. The minimum absolute atomic E-state index is 0.552. The summed E-state index contributed by atoms with van der Waals surface area (Å²) in [4.78, 5) is 2.41. The molecule has 1 aliphatic carbocycles. The minimum atomic E-state index is -0.552. The number of fused-ring (bicyclic) bond motifs is 11. The molecule has 2 heterocycles. The highest BCUT2D eigenvalue weighted by atomic mass is 16.3. The molecule has 14 rings (SSSR count). The number of furan rings is 1. The summed E-state index contributed by atoms with van der Waals surface area (Å²) >= 11 is 0. The molecule has 0 bridgehead atoms. The van der Waals surface area contributed by atoms with Crippen molar-refractivity contribution in [1.29, 1.82) is 0 Å². The number of hydrogen-bond donors (Lipinski definition) is 0. The van der Waals surface area contributed by atoms with Crippen molar-refractivity contribution in [2.24, 2.45) is 0 Å². The highest BCUT2D eigenvalue weighted by molar-refractivity contribution is 6.23. The van der Waals surface area contributed by atoms with E-state index in [2.05, 4.69) is 264 Å². The van der Waals surface area contributed by atoms with Crippen LogP contribution in [0.5, 0.6) is 0 Å². The van der Waals surface area contributed by atoms with Gasteiger partial charge in [-0.15, -0.1) is 0 Å². The summed E-state index contributed by atoms with van der Waals surface area (Å²) in [7, 11) is 0. The van der Waals surface area contributed by atoms with E-state index in [-0.39, 0.29) is 0 Å². The van der Waals surface area contributed by atoms with Crippen LogP contribution in [0.4, 0.5) is 17.1 Å². The third kappa shape index (κ3) is 5.60. The monoisotopic (exact) mass is 866 g/mol. The van der Waals surface area contributed by atoms with Crippen molar-refractivity contribution in [2.75, 3.05) is 4.90 Å². The Morgan fingerprint density at radius 2 is 0.912 bits per heavy atom. The summed E-state index contributed by atoms with van der Waals surface area (Å²) < 4.78 is 9.36. The first-order chi connectivity index (χ1) is 33.7. The second kappa shape index (κ2) is 15.1. The van der Waals surface area contributed by atoms with Gasteiger partial charge in [-0.2, -0.15) is 0 Å². The molecule has 0 fully saturated rings. The summed E-state index contributed by atoms with van der Waals surface area (Å²) in [6.07, 6.45) is 0. The lowest BCUT2D eigenvalue weighted by atomic mass is 9.67. The average molecular weight is 867 g/mol. The standard InChI is InChI=1S/C65H42N2O/c1-3-18-46(19-4-1)65(47-20-5-2-6-21-47)57-27-13-9-23-52(57)53-40-39-50(42-58(53)65)66(61-41-45-17-7-8-22-51(45)63-56-26-12-16-30-62(56)68-64(61)63)48-35-31-43(32-36-48)44-33-37-49(38-34-44)67-59-28-14-10-24-54(59)55-25-11-15-29-60(55)67/h1-42H. The highest BCUT2D eigenvalue weighted by Gasteiger charge is 2.46. The van der Waals surface area contributed by atoms with Gasteiger partial charge in [0.05, 0.1) is 22.1 Å². The van der Waals surface area contributed by atoms with Crippen LogP contribution in [0, 0.1) is 0 Å². The quantitative estimate of drug-likeness (QED) is 0.159. The number of aromatic nitrogens is 1.